The highest BCUT2D eigenvalue weighted by molar-refractivity contribution is 6.04. The minimum Gasteiger partial charge on any atom is -0.457 e. The van der Waals surface area contributed by atoms with Gasteiger partial charge in [0.1, 0.15) is 6.10 Å². The molecule has 3 aliphatic rings. The maximum absolute atomic E-state index is 14.2. The van der Waals surface area contributed by atoms with Gasteiger partial charge in [-0.1, -0.05) is 51.1 Å². The molecule has 3 aliphatic carbocycles. The molecule has 1 N–H and O–H groups in total. The molecule has 0 radical (unpaired) electrons. The largest absolute Gasteiger partial charge is 0.457 e. The van der Waals surface area contributed by atoms with Gasteiger partial charge < -0.3 is 14.6 Å². The molecule has 35 heavy (non-hydrogen) atoms. The third-order valence-electron chi connectivity index (χ3n) is 8.47. The molecule has 0 aliphatic heterocycles. The molecule has 2 fully saturated rings. The average molecular weight is 481 g/mol. The van der Waals surface area contributed by atoms with Crippen LogP contribution in [-0.2, 0) is 19.1 Å². The summed E-state index contributed by atoms with van der Waals surface area (Å²) in [7, 11) is 0. The normalized spacial score (nSPS) is 39.0. The Bertz CT molecular complexity index is 1080. The van der Waals surface area contributed by atoms with Gasteiger partial charge in [0.15, 0.2) is 5.60 Å². The predicted molar refractivity (Wildman–Crippen MR) is 131 cm³/mol. The number of esters is 2. The van der Waals surface area contributed by atoms with Crippen LogP contribution in [0.5, 0.6) is 0 Å². The van der Waals surface area contributed by atoms with E-state index in [4.69, 9.17) is 9.47 Å². The fraction of sp³-hybridized carbons (Fsp3) is 0.552. The van der Waals surface area contributed by atoms with Gasteiger partial charge in [0.05, 0.1) is 17.6 Å². The minimum absolute atomic E-state index is 0.0320. The van der Waals surface area contributed by atoms with E-state index >= 15 is 0 Å². The van der Waals surface area contributed by atoms with Gasteiger partial charge in [-0.3, -0.25) is 9.59 Å². The number of carbonyl (C=O) groups is 3. The maximum atomic E-state index is 14.2. The molecule has 0 saturated heterocycles. The Balaban J connectivity index is 1.89. The molecular formula is C29H36O6. The summed E-state index contributed by atoms with van der Waals surface area (Å²) in [6, 6.07) is 8.52. The van der Waals surface area contributed by atoms with Crippen molar-refractivity contribution in [1.82, 2.24) is 0 Å². The van der Waals surface area contributed by atoms with Crippen LogP contribution in [0.15, 0.2) is 53.6 Å². The third kappa shape index (κ3) is 4.37. The molecule has 1 aromatic rings. The van der Waals surface area contributed by atoms with Crippen molar-refractivity contribution in [2.75, 3.05) is 0 Å². The number of hydrogen-bond acceptors (Lipinski definition) is 6. The number of aliphatic hydroxyl groups is 1. The standard InChI is InChI=1S/C29H36O6/c1-16-12-13-21-22(28(21,5)6)14-17(2)26(32)29(35-27(33)20-10-8-7-9-11-20)15-18(3)24(31)23(29)25(16)34-19(4)30/h7-12,14,18,21-25,31H,13,15H2,1-6H3/b16-12-,17-14+/t18-,21-,22+,23+,24-,25-,29+/m0/s1. The molecule has 0 bridgehead atoms. The molecule has 6 heteroatoms. The summed E-state index contributed by atoms with van der Waals surface area (Å²) in [4.78, 5) is 39.7. The number of ketones is 1. The molecule has 0 spiro atoms. The fourth-order valence-corrected chi connectivity index (χ4v) is 6.29. The van der Waals surface area contributed by atoms with Crippen molar-refractivity contribution in [3.8, 4) is 0 Å². The predicted octanol–water partition coefficient (Wildman–Crippen LogP) is 4.67. The van der Waals surface area contributed by atoms with Crippen molar-refractivity contribution in [3.05, 3.63) is 59.2 Å². The van der Waals surface area contributed by atoms with Crippen LogP contribution < -0.4 is 0 Å². The summed E-state index contributed by atoms with van der Waals surface area (Å²) < 4.78 is 11.9. The fourth-order valence-electron chi connectivity index (χ4n) is 6.29. The number of ether oxygens (including phenoxy) is 2. The first-order valence-electron chi connectivity index (χ1n) is 12.4. The first-order chi connectivity index (χ1) is 16.4. The monoisotopic (exact) mass is 480 g/mol. The van der Waals surface area contributed by atoms with Gasteiger partial charge in [-0.25, -0.2) is 4.79 Å². The highest BCUT2D eigenvalue weighted by atomic mass is 16.6. The van der Waals surface area contributed by atoms with Crippen molar-refractivity contribution < 1.29 is 29.0 Å². The highest BCUT2D eigenvalue weighted by Gasteiger charge is 2.64. The van der Waals surface area contributed by atoms with Gasteiger partial charge in [-0.2, -0.15) is 0 Å². The number of carbonyl (C=O) groups excluding carboxylic acids is 3. The van der Waals surface area contributed by atoms with Crippen LogP contribution in [-0.4, -0.2) is 40.6 Å². The van der Waals surface area contributed by atoms with E-state index in [1.165, 1.54) is 6.92 Å². The highest BCUT2D eigenvalue weighted by Crippen LogP contribution is 2.62. The van der Waals surface area contributed by atoms with Gasteiger partial charge in [0.2, 0.25) is 5.78 Å². The molecule has 0 aromatic heterocycles. The van der Waals surface area contributed by atoms with Crippen molar-refractivity contribution >= 4 is 17.7 Å². The van der Waals surface area contributed by atoms with E-state index in [-0.39, 0.29) is 29.5 Å². The molecule has 0 amide bonds. The Morgan fingerprint density at radius 2 is 1.77 bits per heavy atom. The van der Waals surface area contributed by atoms with Gasteiger partial charge in [-0.15, -0.1) is 0 Å². The van der Waals surface area contributed by atoms with Crippen LogP contribution in [0.3, 0.4) is 0 Å². The molecule has 0 unspecified atom stereocenters. The smallest absolute Gasteiger partial charge is 0.339 e. The number of aliphatic hydroxyl groups excluding tert-OH is 1. The zero-order valence-electron chi connectivity index (χ0n) is 21.4. The van der Waals surface area contributed by atoms with Gasteiger partial charge in [0.25, 0.3) is 0 Å². The van der Waals surface area contributed by atoms with Crippen LogP contribution >= 0.6 is 0 Å². The number of fused-ring (bicyclic) bond motifs is 2. The van der Waals surface area contributed by atoms with E-state index in [1.54, 1.807) is 37.3 Å². The number of allylic oxidation sites excluding steroid dienone is 2. The third-order valence-corrected chi connectivity index (χ3v) is 8.47. The number of Topliss-reactive ketones (excluding diaryl/α,β-unsaturated/α-hetero) is 1. The lowest BCUT2D eigenvalue weighted by Gasteiger charge is -2.39. The molecule has 4 rings (SSSR count). The summed E-state index contributed by atoms with van der Waals surface area (Å²) in [6.45, 7) is 11.1. The first kappa shape index (κ1) is 25.4. The van der Waals surface area contributed by atoms with E-state index in [1.807, 2.05) is 19.9 Å². The average Bonchev–Trinajstić information content (AvgIpc) is 3.21. The van der Waals surface area contributed by atoms with Crippen LogP contribution in [0, 0.1) is 29.1 Å². The van der Waals surface area contributed by atoms with Gasteiger partial charge in [0, 0.05) is 13.3 Å². The summed E-state index contributed by atoms with van der Waals surface area (Å²) in [5.41, 5.74) is -0.0470. The number of benzene rings is 1. The second kappa shape index (κ2) is 9.05. The Kier molecular flexibility index (Phi) is 6.56. The second-order valence-corrected chi connectivity index (χ2v) is 11.2. The van der Waals surface area contributed by atoms with Crippen LogP contribution in [0.4, 0.5) is 0 Å². The molecule has 6 nitrogen and oxygen atoms in total. The lowest BCUT2D eigenvalue weighted by atomic mass is 9.77. The number of hydrogen-bond donors (Lipinski definition) is 1. The molecule has 2 saturated carbocycles. The minimum atomic E-state index is -1.67. The van der Waals surface area contributed by atoms with Crippen molar-refractivity contribution in [2.45, 2.75) is 72.2 Å². The summed E-state index contributed by atoms with van der Waals surface area (Å²) in [6.07, 6.45) is 3.07. The van der Waals surface area contributed by atoms with Crippen LogP contribution in [0.2, 0.25) is 0 Å². The quantitative estimate of drug-likeness (QED) is 0.500. The lowest BCUT2D eigenvalue weighted by molar-refractivity contribution is -0.161. The SMILES string of the molecule is CC(=O)O[C@H]1/C(C)=C\C[C@H]2[C@@H](/C=C(\C)C(=O)[C@@]3(OC(=O)c4ccccc4)C[C@H](C)[C@H](O)[C@H]13)C2(C)C. The van der Waals surface area contributed by atoms with E-state index < -0.39 is 35.7 Å². The van der Waals surface area contributed by atoms with E-state index in [0.717, 1.165) is 12.0 Å². The Morgan fingerprint density at radius 1 is 1.11 bits per heavy atom. The van der Waals surface area contributed by atoms with Gasteiger partial charge in [-0.05, 0) is 66.7 Å². The Morgan fingerprint density at radius 3 is 2.40 bits per heavy atom. The van der Waals surface area contributed by atoms with Gasteiger partial charge >= 0.3 is 11.9 Å². The molecular weight excluding hydrogens is 444 g/mol. The number of rotatable bonds is 3. The Hall–Kier alpha value is -2.73. The molecule has 188 valence electrons. The topological polar surface area (TPSA) is 89.9 Å². The van der Waals surface area contributed by atoms with E-state index in [0.29, 0.717) is 17.1 Å². The zero-order chi connectivity index (χ0) is 25.7. The first-order valence-corrected chi connectivity index (χ1v) is 12.4. The molecule has 7 atom stereocenters. The molecule has 1 aromatic carbocycles. The maximum Gasteiger partial charge on any atom is 0.339 e. The summed E-state index contributed by atoms with van der Waals surface area (Å²) in [5, 5.41) is 11.4. The summed E-state index contributed by atoms with van der Waals surface area (Å²) >= 11 is 0. The second-order valence-electron chi connectivity index (χ2n) is 11.2. The Labute approximate surface area is 207 Å². The van der Waals surface area contributed by atoms with E-state index in [2.05, 4.69) is 19.9 Å². The lowest BCUT2D eigenvalue weighted by Crippen LogP contribution is -2.54. The summed E-state index contributed by atoms with van der Waals surface area (Å²) in [5.74, 6) is -2.20. The zero-order valence-corrected chi connectivity index (χ0v) is 21.4. The van der Waals surface area contributed by atoms with Crippen molar-refractivity contribution in [3.63, 3.8) is 0 Å². The molecule has 0 heterocycles. The van der Waals surface area contributed by atoms with Crippen molar-refractivity contribution in [1.29, 1.82) is 0 Å². The van der Waals surface area contributed by atoms with Crippen molar-refractivity contribution in [2.24, 2.45) is 29.1 Å². The van der Waals surface area contributed by atoms with Crippen LogP contribution in [0.25, 0.3) is 0 Å². The van der Waals surface area contributed by atoms with Crippen LogP contribution in [0.1, 0.15) is 64.7 Å². The van der Waals surface area contributed by atoms with E-state index in [9.17, 15) is 19.5 Å².